The van der Waals surface area contributed by atoms with Crippen LogP contribution in [0.4, 0.5) is 0 Å². The summed E-state index contributed by atoms with van der Waals surface area (Å²) in [5.41, 5.74) is 0.613. The highest BCUT2D eigenvalue weighted by Gasteiger charge is 2.22. The number of ketones is 1. The number of hydrogen-bond acceptors (Lipinski definition) is 3. The van der Waals surface area contributed by atoms with Crippen molar-refractivity contribution in [3.8, 4) is 0 Å². The summed E-state index contributed by atoms with van der Waals surface area (Å²) in [7, 11) is 0. The molecule has 0 bridgehead atoms. The molecular formula is C17H23ClN2O2. The molecule has 120 valence electrons. The van der Waals surface area contributed by atoms with Gasteiger partial charge in [0.05, 0.1) is 0 Å². The van der Waals surface area contributed by atoms with Gasteiger partial charge in [-0.2, -0.15) is 0 Å². The van der Waals surface area contributed by atoms with Gasteiger partial charge in [0.1, 0.15) is 0 Å². The summed E-state index contributed by atoms with van der Waals surface area (Å²) >= 11 is 5.80. The highest BCUT2D eigenvalue weighted by atomic mass is 35.5. The van der Waals surface area contributed by atoms with Crippen LogP contribution in [0.15, 0.2) is 24.3 Å². The Bertz CT molecular complexity index is 520. The maximum absolute atomic E-state index is 12.2. The van der Waals surface area contributed by atoms with Crippen molar-refractivity contribution in [2.75, 3.05) is 26.2 Å². The summed E-state index contributed by atoms with van der Waals surface area (Å²) in [6.07, 6.45) is 0.536. The molecule has 0 saturated carbocycles. The number of carbonyl (C=O) groups is 2. The summed E-state index contributed by atoms with van der Waals surface area (Å²) in [5.74, 6) is 0.0663. The van der Waals surface area contributed by atoms with Gasteiger partial charge in [-0.3, -0.25) is 14.5 Å². The second-order valence-electron chi connectivity index (χ2n) is 5.94. The molecule has 0 radical (unpaired) electrons. The second-order valence-corrected chi connectivity index (χ2v) is 6.38. The molecule has 5 heteroatoms. The molecule has 2 rings (SSSR count). The minimum Gasteiger partial charge on any atom is -0.340 e. The predicted molar refractivity (Wildman–Crippen MR) is 88.3 cm³/mol. The van der Waals surface area contributed by atoms with Gasteiger partial charge in [0.2, 0.25) is 5.91 Å². The van der Waals surface area contributed by atoms with E-state index in [0.29, 0.717) is 16.6 Å². The first-order valence-corrected chi connectivity index (χ1v) is 8.16. The zero-order chi connectivity index (χ0) is 16.1. The van der Waals surface area contributed by atoms with Gasteiger partial charge in [0.25, 0.3) is 0 Å². The van der Waals surface area contributed by atoms with Crippen LogP contribution < -0.4 is 0 Å². The van der Waals surface area contributed by atoms with Gasteiger partial charge in [0, 0.05) is 55.6 Å². The molecule has 1 amide bonds. The normalized spacial score (nSPS) is 16.1. The molecule has 0 aromatic heterocycles. The fourth-order valence-electron chi connectivity index (χ4n) is 2.65. The van der Waals surface area contributed by atoms with E-state index in [1.54, 1.807) is 24.3 Å². The first kappa shape index (κ1) is 17.0. The molecule has 1 aliphatic heterocycles. The summed E-state index contributed by atoms with van der Waals surface area (Å²) in [4.78, 5) is 28.5. The van der Waals surface area contributed by atoms with E-state index in [1.165, 1.54) is 0 Å². The quantitative estimate of drug-likeness (QED) is 0.783. The first-order valence-electron chi connectivity index (χ1n) is 7.78. The number of benzene rings is 1. The average molecular weight is 323 g/mol. The molecule has 1 heterocycles. The van der Waals surface area contributed by atoms with Crippen molar-refractivity contribution >= 4 is 23.3 Å². The van der Waals surface area contributed by atoms with Crippen LogP contribution in [0, 0.1) is 0 Å². The maximum atomic E-state index is 12.2. The van der Waals surface area contributed by atoms with E-state index < -0.39 is 0 Å². The third kappa shape index (κ3) is 4.55. The van der Waals surface area contributed by atoms with E-state index in [1.807, 2.05) is 4.90 Å². The lowest BCUT2D eigenvalue weighted by molar-refractivity contribution is -0.133. The molecule has 4 nitrogen and oxygen atoms in total. The molecule has 1 fully saturated rings. The summed E-state index contributed by atoms with van der Waals surface area (Å²) in [6.45, 7) is 7.67. The summed E-state index contributed by atoms with van der Waals surface area (Å²) in [6, 6.07) is 7.32. The van der Waals surface area contributed by atoms with Crippen LogP contribution in [0.2, 0.25) is 5.02 Å². The van der Waals surface area contributed by atoms with Crippen molar-refractivity contribution in [2.24, 2.45) is 0 Å². The lowest BCUT2D eigenvalue weighted by Crippen LogP contribution is -2.50. The number of halogens is 1. The molecule has 0 unspecified atom stereocenters. The maximum Gasteiger partial charge on any atom is 0.223 e. The highest BCUT2D eigenvalue weighted by molar-refractivity contribution is 6.30. The summed E-state index contributed by atoms with van der Waals surface area (Å²) < 4.78 is 0. The van der Waals surface area contributed by atoms with E-state index >= 15 is 0 Å². The van der Waals surface area contributed by atoms with Crippen molar-refractivity contribution in [1.29, 1.82) is 0 Å². The molecular weight excluding hydrogens is 300 g/mol. The molecule has 0 N–H and O–H groups in total. The Morgan fingerprint density at radius 3 is 2.18 bits per heavy atom. The van der Waals surface area contributed by atoms with Crippen molar-refractivity contribution in [3.05, 3.63) is 34.9 Å². The minimum absolute atomic E-state index is 0.00849. The summed E-state index contributed by atoms with van der Waals surface area (Å²) in [5, 5.41) is 0.607. The Hall–Kier alpha value is -1.39. The Morgan fingerprint density at radius 2 is 1.64 bits per heavy atom. The molecule has 0 spiro atoms. The molecule has 1 aromatic carbocycles. The molecule has 0 atom stereocenters. The van der Waals surface area contributed by atoms with Gasteiger partial charge in [-0.25, -0.2) is 0 Å². The van der Waals surface area contributed by atoms with E-state index in [2.05, 4.69) is 18.7 Å². The average Bonchev–Trinajstić information content (AvgIpc) is 2.53. The van der Waals surface area contributed by atoms with Crippen LogP contribution >= 0.6 is 11.6 Å². The number of carbonyl (C=O) groups excluding carboxylic acids is 2. The topological polar surface area (TPSA) is 40.6 Å². The number of amides is 1. The van der Waals surface area contributed by atoms with Gasteiger partial charge in [-0.1, -0.05) is 11.6 Å². The Kier molecular flexibility index (Phi) is 5.98. The highest BCUT2D eigenvalue weighted by Crippen LogP contribution is 2.13. The zero-order valence-corrected chi connectivity index (χ0v) is 14.0. The van der Waals surface area contributed by atoms with E-state index in [4.69, 9.17) is 11.6 Å². The minimum atomic E-state index is -0.00849. The van der Waals surface area contributed by atoms with Gasteiger partial charge in [-0.05, 0) is 38.1 Å². The Balaban J connectivity index is 1.78. The zero-order valence-electron chi connectivity index (χ0n) is 13.2. The smallest absolute Gasteiger partial charge is 0.223 e. The third-order valence-corrected chi connectivity index (χ3v) is 4.38. The van der Waals surface area contributed by atoms with Crippen molar-refractivity contribution < 1.29 is 9.59 Å². The fourth-order valence-corrected chi connectivity index (χ4v) is 2.77. The Morgan fingerprint density at radius 1 is 1.05 bits per heavy atom. The van der Waals surface area contributed by atoms with Gasteiger partial charge in [-0.15, -0.1) is 0 Å². The van der Waals surface area contributed by atoms with Crippen molar-refractivity contribution in [3.63, 3.8) is 0 Å². The van der Waals surface area contributed by atoms with Crippen LogP contribution in [0.3, 0.4) is 0 Å². The van der Waals surface area contributed by atoms with E-state index in [9.17, 15) is 9.59 Å². The molecule has 1 aliphatic rings. The van der Waals surface area contributed by atoms with Gasteiger partial charge < -0.3 is 4.90 Å². The predicted octanol–water partition coefficient (Wildman–Crippen LogP) is 2.86. The van der Waals surface area contributed by atoms with Crippen molar-refractivity contribution in [2.45, 2.75) is 32.7 Å². The van der Waals surface area contributed by atoms with Crippen LogP contribution in [0.25, 0.3) is 0 Å². The van der Waals surface area contributed by atoms with Crippen LogP contribution in [0.1, 0.15) is 37.0 Å². The molecule has 22 heavy (non-hydrogen) atoms. The SMILES string of the molecule is CC(C)N1CCN(C(=O)CCC(=O)c2ccc(Cl)cc2)CC1. The largest absolute Gasteiger partial charge is 0.340 e. The number of Topliss-reactive ketones (excluding diaryl/α,β-unsaturated/α-hetero) is 1. The fraction of sp³-hybridized carbons (Fsp3) is 0.529. The number of rotatable bonds is 5. The molecule has 0 aliphatic carbocycles. The third-order valence-electron chi connectivity index (χ3n) is 4.13. The van der Waals surface area contributed by atoms with Crippen LogP contribution in [-0.4, -0.2) is 53.7 Å². The standard InChI is InChI=1S/C17H23ClN2O2/c1-13(2)19-9-11-20(12-10-19)17(22)8-7-16(21)14-3-5-15(18)6-4-14/h3-6,13H,7-12H2,1-2H3. The lowest BCUT2D eigenvalue weighted by Gasteiger charge is -2.37. The van der Waals surface area contributed by atoms with E-state index in [-0.39, 0.29) is 24.5 Å². The second kappa shape index (κ2) is 7.75. The van der Waals surface area contributed by atoms with Crippen LogP contribution in [0.5, 0.6) is 0 Å². The van der Waals surface area contributed by atoms with Gasteiger partial charge in [0.15, 0.2) is 5.78 Å². The number of nitrogens with zero attached hydrogens (tertiary/aromatic N) is 2. The van der Waals surface area contributed by atoms with Gasteiger partial charge >= 0.3 is 0 Å². The first-order chi connectivity index (χ1) is 10.5. The lowest BCUT2D eigenvalue weighted by atomic mass is 10.1. The number of piperazine rings is 1. The van der Waals surface area contributed by atoms with E-state index in [0.717, 1.165) is 26.2 Å². The monoisotopic (exact) mass is 322 g/mol. The number of hydrogen-bond donors (Lipinski definition) is 0. The van der Waals surface area contributed by atoms with Crippen molar-refractivity contribution in [1.82, 2.24) is 9.80 Å². The molecule has 1 aromatic rings. The molecule has 1 saturated heterocycles. The Labute approximate surface area is 137 Å². The van der Waals surface area contributed by atoms with Crippen LogP contribution in [-0.2, 0) is 4.79 Å².